The van der Waals surface area contributed by atoms with Crippen LogP contribution in [-0.4, -0.2) is 36.7 Å². The third kappa shape index (κ3) is 6.78. The number of amides is 2. The van der Waals surface area contributed by atoms with Gasteiger partial charge in [0.15, 0.2) is 11.5 Å². The quantitative estimate of drug-likeness (QED) is 0.0808. The number of halogens is 7. The zero-order valence-electron chi connectivity index (χ0n) is 26.9. The Morgan fingerprint density at radius 3 is 2.24 bits per heavy atom. The molecule has 6 nitrogen and oxygen atoms in total. The molecular weight excluding hydrogens is 779 g/mol. The molecule has 6 rings (SSSR count). The number of hydrogen-bond acceptors (Lipinski definition) is 5. The molecule has 3 aliphatic rings. The number of methoxy groups -OCH3 is 1. The van der Waals surface area contributed by atoms with Gasteiger partial charge < -0.3 is 14.6 Å². The van der Waals surface area contributed by atoms with Crippen LogP contribution in [-0.2, 0) is 26.7 Å². The average Bonchev–Trinajstić information content (AvgIpc) is 3.61. The molecule has 2 fully saturated rings. The summed E-state index contributed by atoms with van der Waals surface area (Å²) < 4.78 is 94.2. The Bertz CT molecular complexity index is 1850. The number of imide groups is 1. The summed E-state index contributed by atoms with van der Waals surface area (Å²) in [6.45, 7) is 2.00. The molecule has 0 unspecified atom stereocenters. The first-order chi connectivity index (χ1) is 23.6. The molecule has 264 valence electrons. The van der Waals surface area contributed by atoms with E-state index in [9.17, 15) is 41.0 Å². The predicted molar refractivity (Wildman–Crippen MR) is 182 cm³/mol. The van der Waals surface area contributed by atoms with Gasteiger partial charge in [-0.15, -0.1) is 0 Å². The number of aromatic hydroxyl groups is 1. The number of nitrogens with zero attached hydrogens (tertiary/aromatic N) is 1. The summed E-state index contributed by atoms with van der Waals surface area (Å²) >= 11 is 2.03. The zero-order chi connectivity index (χ0) is 36.1. The molecule has 1 N–H and O–H groups in total. The molecule has 0 bridgehead atoms. The Kier molecular flexibility index (Phi) is 9.85. The number of fused-ring (bicyclic) bond motifs is 3. The number of allylic oxidation sites excluding steroid dienone is 2. The van der Waals surface area contributed by atoms with Gasteiger partial charge >= 0.3 is 12.4 Å². The van der Waals surface area contributed by atoms with Crippen molar-refractivity contribution in [3.8, 4) is 11.5 Å². The first-order valence-electron chi connectivity index (χ1n) is 16.0. The molecule has 2 saturated heterocycles. The molecule has 3 aromatic carbocycles. The molecule has 2 aliphatic heterocycles. The molecule has 0 saturated carbocycles. The summed E-state index contributed by atoms with van der Waals surface area (Å²) in [5.41, 5.74) is 0.580. The third-order valence-corrected chi connectivity index (χ3v) is 10.5. The molecule has 2 heterocycles. The molecule has 50 heavy (non-hydrogen) atoms. The van der Waals surface area contributed by atoms with Gasteiger partial charge in [0.1, 0.15) is 0 Å². The van der Waals surface area contributed by atoms with E-state index in [1.165, 1.54) is 7.11 Å². The van der Waals surface area contributed by atoms with Crippen LogP contribution in [0.3, 0.4) is 0 Å². The van der Waals surface area contributed by atoms with Gasteiger partial charge in [0.05, 0.1) is 52.0 Å². The standard InChI is InChI=1S/C37H32F6INO5/c1-3-20-14-26-32(35(48)45(34(26)47)25-16-23(36(38,39)40)15-24(17-25)37(41,42)43)27-18-50-29(31(20)27)10-9-22(21-7-5-4-6-8-21)11-19-12-28(44)33(46)30(13-19)49-2/h4-8,11-13,15-17,26-27,29,32,46H,3,9-10,14,18H2,1-2H3/b22-11-/t26-,27+,29-,32-/m1/s1. The van der Waals surface area contributed by atoms with Crippen molar-refractivity contribution in [3.05, 3.63) is 97.6 Å². The summed E-state index contributed by atoms with van der Waals surface area (Å²) in [6, 6.07) is 14.1. The normalized spacial score (nSPS) is 22.7. The van der Waals surface area contributed by atoms with E-state index in [4.69, 9.17) is 9.47 Å². The van der Waals surface area contributed by atoms with Crippen molar-refractivity contribution in [3.63, 3.8) is 0 Å². The fourth-order valence-electron chi connectivity index (χ4n) is 7.41. The average molecular weight is 812 g/mol. The molecule has 0 radical (unpaired) electrons. The number of carbonyl (C=O) groups is 2. The van der Waals surface area contributed by atoms with Crippen LogP contribution in [0, 0.1) is 21.3 Å². The topological polar surface area (TPSA) is 76.1 Å². The predicted octanol–water partition coefficient (Wildman–Crippen LogP) is 9.29. The second-order valence-electron chi connectivity index (χ2n) is 12.6. The molecule has 0 aromatic heterocycles. The van der Waals surface area contributed by atoms with E-state index in [0.717, 1.165) is 27.8 Å². The van der Waals surface area contributed by atoms with Crippen LogP contribution in [0.5, 0.6) is 11.5 Å². The fourth-order valence-corrected chi connectivity index (χ4v) is 8.03. The largest absolute Gasteiger partial charge is 0.504 e. The first kappa shape index (κ1) is 36.0. The number of rotatable bonds is 8. The molecular formula is C37H32F6INO5. The maximum Gasteiger partial charge on any atom is 0.416 e. The van der Waals surface area contributed by atoms with Gasteiger partial charge in [0, 0.05) is 5.92 Å². The monoisotopic (exact) mass is 811 g/mol. The summed E-state index contributed by atoms with van der Waals surface area (Å²) in [4.78, 5) is 28.1. The number of anilines is 1. The van der Waals surface area contributed by atoms with Crippen molar-refractivity contribution < 1.29 is 50.5 Å². The second kappa shape index (κ2) is 13.7. The maximum absolute atomic E-state index is 13.9. The third-order valence-electron chi connectivity index (χ3n) is 9.70. The number of phenolic OH excluding ortho intramolecular Hbond substituents is 1. The lowest BCUT2D eigenvalue weighted by molar-refractivity contribution is -0.143. The molecule has 0 spiro atoms. The highest BCUT2D eigenvalue weighted by Crippen LogP contribution is 2.52. The minimum Gasteiger partial charge on any atom is -0.504 e. The van der Waals surface area contributed by atoms with Crippen LogP contribution in [0.4, 0.5) is 32.0 Å². The highest BCUT2D eigenvalue weighted by Gasteiger charge is 2.57. The zero-order valence-corrected chi connectivity index (χ0v) is 29.0. The van der Waals surface area contributed by atoms with Gasteiger partial charge in [0.25, 0.3) is 0 Å². The van der Waals surface area contributed by atoms with Crippen molar-refractivity contribution in [1.29, 1.82) is 0 Å². The van der Waals surface area contributed by atoms with E-state index in [0.29, 0.717) is 45.6 Å². The van der Waals surface area contributed by atoms with E-state index in [1.807, 2.05) is 72.0 Å². The Morgan fingerprint density at radius 1 is 0.980 bits per heavy atom. The van der Waals surface area contributed by atoms with Gasteiger partial charge in [-0.2, -0.15) is 26.3 Å². The summed E-state index contributed by atoms with van der Waals surface area (Å²) in [5, 5.41) is 10.3. The minimum absolute atomic E-state index is 0.0249. The van der Waals surface area contributed by atoms with Crippen molar-refractivity contribution in [2.45, 2.75) is 51.1 Å². The van der Waals surface area contributed by atoms with Gasteiger partial charge in [0.2, 0.25) is 11.8 Å². The van der Waals surface area contributed by atoms with Gasteiger partial charge in [-0.1, -0.05) is 48.9 Å². The van der Waals surface area contributed by atoms with Gasteiger partial charge in [-0.25, -0.2) is 4.90 Å². The number of alkyl halides is 6. The summed E-state index contributed by atoms with van der Waals surface area (Å²) in [7, 11) is 1.47. The maximum atomic E-state index is 13.9. The van der Waals surface area contributed by atoms with Crippen LogP contribution < -0.4 is 9.64 Å². The number of ether oxygens (including phenoxy) is 2. The van der Waals surface area contributed by atoms with Crippen LogP contribution in [0.1, 0.15) is 54.9 Å². The molecule has 13 heteroatoms. The van der Waals surface area contributed by atoms with Crippen molar-refractivity contribution in [1.82, 2.24) is 0 Å². The van der Waals surface area contributed by atoms with E-state index in [2.05, 4.69) is 0 Å². The lowest BCUT2D eigenvalue weighted by Crippen LogP contribution is -2.34. The Morgan fingerprint density at radius 2 is 1.64 bits per heavy atom. The number of carbonyl (C=O) groups excluding carboxylic acids is 2. The summed E-state index contributed by atoms with van der Waals surface area (Å²) in [5.74, 6) is -3.71. The Hall–Kier alpha value is -3.85. The van der Waals surface area contributed by atoms with Crippen molar-refractivity contribution in [2.24, 2.45) is 17.8 Å². The summed E-state index contributed by atoms with van der Waals surface area (Å²) in [6.07, 6.45) is -6.94. The molecule has 2 amide bonds. The lowest BCUT2D eigenvalue weighted by atomic mass is 9.69. The van der Waals surface area contributed by atoms with Crippen LogP contribution >= 0.6 is 22.6 Å². The molecule has 3 aromatic rings. The second-order valence-corrected chi connectivity index (χ2v) is 13.7. The molecule has 4 atom stereocenters. The Balaban J connectivity index is 1.30. The Labute approximate surface area is 297 Å². The number of hydrogen-bond donors (Lipinski definition) is 1. The van der Waals surface area contributed by atoms with E-state index >= 15 is 0 Å². The van der Waals surface area contributed by atoms with E-state index < -0.39 is 64.8 Å². The smallest absolute Gasteiger partial charge is 0.416 e. The van der Waals surface area contributed by atoms with Gasteiger partial charge in [-0.3, -0.25) is 9.59 Å². The minimum atomic E-state index is -5.13. The lowest BCUT2D eigenvalue weighted by Gasteiger charge is -2.31. The van der Waals surface area contributed by atoms with Crippen LogP contribution in [0.25, 0.3) is 11.6 Å². The first-order valence-corrected chi connectivity index (χ1v) is 17.0. The van der Waals surface area contributed by atoms with E-state index in [1.54, 1.807) is 6.07 Å². The number of phenols is 1. The highest BCUT2D eigenvalue weighted by atomic mass is 127. The van der Waals surface area contributed by atoms with Crippen molar-refractivity contribution >= 4 is 51.7 Å². The van der Waals surface area contributed by atoms with Gasteiger partial charge in [-0.05, 0) is 101 Å². The SMILES string of the molecule is CCC1=C2[C@@H](CC/C(=C/c3cc(I)c(O)c(OC)c3)c3ccccc3)OC[C@@H]2[C@@H]2C(=O)N(c3cc(C(F)(F)F)cc(C(F)(F)F)c3)C(=O)[C@@H]2C1. The fraction of sp³-hybridized carbons (Fsp3) is 0.351. The van der Waals surface area contributed by atoms with Crippen molar-refractivity contribution in [2.75, 3.05) is 18.6 Å². The number of benzene rings is 3. The van der Waals surface area contributed by atoms with Crippen LogP contribution in [0.15, 0.2) is 71.8 Å². The molecule has 1 aliphatic carbocycles. The van der Waals surface area contributed by atoms with Crippen LogP contribution in [0.2, 0.25) is 0 Å². The highest BCUT2D eigenvalue weighted by molar-refractivity contribution is 14.1. The van der Waals surface area contributed by atoms with E-state index in [-0.39, 0.29) is 24.8 Å².